The van der Waals surface area contributed by atoms with E-state index in [-0.39, 0.29) is 18.2 Å². The van der Waals surface area contributed by atoms with Crippen LogP contribution in [0.3, 0.4) is 0 Å². The zero-order valence-electron chi connectivity index (χ0n) is 16.9. The molecule has 2 aliphatic rings. The van der Waals surface area contributed by atoms with Crippen LogP contribution < -0.4 is 10.2 Å². The summed E-state index contributed by atoms with van der Waals surface area (Å²) < 4.78 is 1.74. The summed E-state index contributed by atoms with van der Waals surface area (Å²) in [5.74, 6) is 0.805. The highest BCUT2D eigenvalue weighted by atomic mass is 35.5. The van der Waals surface area contributed by atoms with Crippen molar-refractivity contribution in [1.82, 2.24) is 30.3 Å². The summed E-state index contributed by atoms with van der Waals surface area (Å²) >= 11 is 0. The molecule has 0 bridgehead atoms. The molecule has 2 aromatic heterocycles. The maximum absolute atomic E-state index is 10.5. The Hall–Kier alpha value is -2.71. The summed E-state index contributed by atoms with van der Waals surface area (Å²) in [5, 5.41) is 27.0. The van der Waals surface area contributed by atoms with E-state index in [2.05, 4.69) is 30.5 Å². The van der Waals surface area contributed by atoms with Gasteiger partial charge in [0.1, 0.15) is 11.4 Å². The molecule has 158 valence electrons. The quantitative estimate of drug-likeness (QED) is 0.646. The molecule has 1 aliphatic heterocycles. The lowest BCUT2D eigenvalue weighted by Gasteiger charge is -2.29. The number of nitrogens with zero attached hydrogens (tertiary/aromatic N) is 6. The number of rotatable bonds is 5. The molecule has 0 amide bonds. The number of phenols is 1. The van der Waals surface area contributed by atoms with Gasteiger partial charge < -0.3 is 15.3 Å². The number of benzene rings is 1. The van der Waals surface area contributed by atoms with Gasteiger partial charge in [-0.25, -0.2) is 4.98 Å². The third-order valence-electron chi connectivity index (χ3n) is 5.91. The van der Waals surface area contributed by atoms with Crippen LogP contribution in [0.1, 0.15) is 25.7 Å². The maximum atomic E-state index is 10.5. The van der Waals surface area contributed by atoms with Crippen LogP contribution in [0.4, 0.5) is 5.95 Å². The van der Waals surface area contributed by atoms with Crippen molar-refractivity contribution in [2.45, 2.75) is 37.8 Å². The van der Waals surface area contributed by atoms with Gasteiger partial charge in [0.05, 0.1) is 12.4 Å². The van der Waals surface area contributed by atoms with E-state index in [1.807, 2.05) is 25.4 Å². The molecule has 1 atom stereocenters. The minimum atomic E-state index is 0. The van der Waals surface area contributed by atoms with E-state index >= 15 is 0 Å². The molecule has 8 nitrogen and oxygen atoms in total. The molecule has 0 spiro atoms. The van der Waals surface area contributed by atoms with Gasteiger partial charge >= 0.3 is 0 Å². The van der Waals surface area contributed by atoms with Crippen LogP contribution in [-0.2, 0) is 7.05 Å². The lowest BCUT2D eigenvalue weighted by molar-refractivity contribution is 0.311. The summed E-state index contributed by atoms with van der Waals surface area (Å²) in [4.78, 5) is 6.69. The Morgan fingerprint density at radius 2 is 1.93 bits per heavy atom. The van der Waals surface area contributed by atoms with Crippen molar-refractivity contribution in [2.24, 2.45) is 7.05 Å². The molecule has 1 aromatic carbocycles. The number of nitrogens with one attached hydrogen (secondary N) is 1. The monoisotopic (exact) mass is 427 g/mol. The maximum Gasteiger partial charge on any atom is 0.245 e. The second-order valence-corrected chi connectivity index (χ2v) is 8.00. The summed E-state index contributed by atoms with van der Waals surface area (Å²) in [6, 6.07) is 6.71. The summed E-state index contributed by atoms with van der Waals surface area (Å²) in [6.45, 7) is 1.86. The fraction of sp³-hybridized carbons (Fsp3) is 0.429. The van der Waals surface area contributed by atoms with E-state index in [4.69, 9.17) is 0 Å². The van der Waals surface area contributed by atoms with Gasteiger partial charge in [-0.15, -0.1) is 22.6 Å². The average molecular weight is 428 g/mol. The topological polar surface area (TPSA) is 92.0 Å². The Morgan fingerprint density at radius 3 is 2.57 bits per heavy atom. The van der Waals surface area contributed by atoms with Crippen LogP contribution in [0, 0.1) is 0 Å². The first-order chi connectivity index (χ1) is 14.2. The molecule has 0 unspecified atom stereocenters. The highest BCUT2D eigenvalue weighted by molar-refractivity contribution is 5.85. The molecule has 30 heavy (non-hydrogen) atoms. The van der Waals surface area contributed by atoms with Gasteiger partial charge in [-0.3, -0.25) is 4.68 Å². The Morgan fingerprint density at radius 1 is 1.07 bits per heavy atom. The number of aromatic hydroxyl groups is 1. The zero-order chi connectivity index (χ0) is 19.8. The molecule has 1 saturated carbocycles. The highest BCUT2D eigenvalue weighted by Gasteiger charge is 2.28. The van der Waals surface area contributed by atoms with Gasteiger partial charge in [-0.2, -0.15) is 5.10 Å². The fourth-order valence-corrected chi connectivity index (χ4v) is 4.02. The van der Waals surface area contributed by atoms with Crippen molar-refractivity contribution in [3.05, 3.63) is 36.8 Å². The molecule has 5 rings (SSSR count). The van der Waals surface area contributed by atoms with E-state index in [0.29, 0.717) is 29.3 Å². The first-order valence-electron chi connectivity index (χ1n) is 10.2. The van der Waals surface area contributed by atoms with Gasteiger partial charge in [0.25, 0.3) is 0 Å². The highest BCUT2D eigenvalue weighted by Crippen LogP contribution is 2.32. The Kier molecular flexibility index (Phi) is 5.87. The fourth-order valence-electron chi connectivity index (χ4n) is 4.02. The Labute approximate surface area is 181 Å². The van der Waals surface area contributed by atoms with Crippen LogP contribution in [0.5, 0.6) is 5.75 Å². The minimum absolute atomic E-state index is 0. The molecule has 3 aromatic rings. The smallest absolute Gasteiger partial charge is 0.245 e. The van der Waals surface area contributed by atoms with E-state index in [1.165, 1.54) is 19.3 Å². The molecule has 2 fully saturated rings. The van der Waals surface area contributed by atoms with Gasteiger partial charge in [-0.05, 0) is 37.0 Å². The number of halogens is 1. The van der Waals surface area contributed by atoms with Crippen LogP contribution in [-0.4, -0.2) is 55.2 Å². The first kappa shape index (κ1) is 20.6. The summed E-state index contributed by atoms with van der Waals surface area (Å²) in [5.41, 5.74) is 3.04. The van der Waals surface area contributed by atoms with Crippen molar-refractivity contribution in [2.75, 3.05) is 18.0 Å². The second-order valence-electron chi connectivity index (χ2n) is 8.00. The molecule has 3 heterocycles. The number of aryl methyl sites for hydroxylation is 1. The van der Waals surface area contributed by atoms with E-state index in [9.17, 15) is 5.11 Å². The largest absolute Gasteiger partial charge is 0.507 e. The number of phenolic OH excluding ortho intramolecular Hbond substituents is 1. The lowest BCUT2D eigenvalue weighted by Crippen LogP contribution is -2.43. The van der Waals surface area contributed by atoms with Crippen LogP contribution in [0.25, 0.3) is 22.4 Å². The van der Waals surface area contributed by atoms with Crippen molar-refractivity contribution in [3.63, 3.8) is 0 Å². The van der Waals surface area contributed by atoms with Crippen LogP contribution in [0.2, 0.25) is 0 Å². The van der Waals surface area contributed by atoms with Gasteiger partial charge in [-0.1, -0.05) is 12.5 Å². The number of anilines is 1. The summed E-state index contributed by atoms with van der Waals surface area (Å²) in [7, 11) is 1.87. The zero-order valence-corrected chi connectivity index (χ0v) is 17.7. The molecule has 0 radical (unpaired) electrons. The Bertz CT molecular complexity index is 1000. The normalized spacial score (nSPS) is 18.8. The van der Waals surface area contributed by atoms with Gasteiger partial charge in [0.2, 0.25) is 5.95 Å². The van der Waals surface area contributed by atoms with Crippen LogP contribution in [0.15, 0.2) is 36.8 Å². The molecule has 1 aliphatic carbocycles. The van der Waals surface area contributed by atoms with Gasteiger partial charge in [0.15, 0.2) is 0 Å². The van der Waals surface area contributed by atoms with Crippen LogP contribution >= 0.6 is 12.4 Å². The Balaban J connectivity index is 0.00000218. The molecular formula is C21H26ClN7O. The first-order valence-corrected chi connectivity index (χ1v) is 10.2. The molecule has 1 saturated heterocycles. The second kappa shape index (κ2) is 8.57. The SMILES string of the molecule is Cl.Cn1cc(-c2ccc(-c3cnc(N4CC[C@H](NC5CCC5)C4)nn3)c(O)c2)cn1. The third kappa shape index (κ3) is 4.11. The number of hydrogen-bond acceptors (Lipinski definition) is 7. The third-order valence-corrected chi connectivity index (χ3v) is 5.91. The predicted octanol–water partition coefficient (Wildman–Crippen LogP) is 2.79. The molecular weight excluding hydrogens is 402 g/mol. The van der Waals surface area contributed by atoms with E-state index < -0.39 is 0 Å². The van der Waals surface area contributed by atoms with Gasteiger partial charge in [0, 0.05) is 49.5 Å². The summed E-state index contributed by atoms with van der Waals surface area (Å²) in [6.07, 6.45) is 10.4. The number of aromatic nitrogens is 5. The van der Waals surface area contributed by atoms with E-state index in [0.717, 1.165) is 30.6 Å². The number of hydrogen-bond donors (Lipinski definition) is 2. The van der Waals surface area contributed by atoms with Crippen molar-refractivity contribution >= 4 is 18.4 Å². The van der Waals surface area contributed by atoms with E-state index in [1.54, 1.807) is 23.1 Å². The molecule has 2 N–H and O–H groups in total. The lowest BCUT2D eigenvalue weighted by atomic mass is 9.92. The van der Waals surface area contributed by atoms with Crippen molar-refractivity contribution < 1.29 is 5.11 Å². The molecule has 9 heteroatoms. The minimum Gasteiger partial charge on any atom is -0.507 e. The van der Waals surface area contributed by atoms with Crippen molar-refractivity contribution in [1.29, 1.82) is 0 Å². The average Bonchev–Trinajstić information content (AvgIpc) is 3.34. The standard InChI is InChI=1S/C21H25N7O.ClH/c1-27-12-15(10-23-27)14-5-6-18(20(29)9-14)19-11-22-21(26-25-19)28-8-7-17(13-28)24-16-3-2-4-16;/h5-6,9-12,16-17,24,29H,2-4,7-8,13H2,1H3;1H/t17-;/m0./s1. The predicted molar refractivity (Wildman–Crippen MR) is 118 cm³/mol. The van der Waals surface area contributed by atoms with Crippen molar-refractivity contribution in [3.8, 4) is 28.1 Å².